The van der Waals surface area contributed by atoms with E-state index in [0.29, 0.717) is 6.61 Å². The van der Waals surface area contributed by atoms with E-state index in [1.165, 1.54) is 32.1 Å². The van der Waals surface area contributed by atoms with Crippen molar-refractivity contribution in [1.29, 1.82) is 0 Å². The van der Waals surface area contributed by atoms with Crippen molar-refractivity contribution in [3.05, 3.63) is 12.2 Å². The number of hydrogen-bond donors (Lipinski definition) is 3. The Morgan fingerprint density at radius 2 is 1.91 bits per heavy atom. The van der Waals surface area contributed by atoms with Crippen molar-refractivity contribution in [3.8, 4) is 0 Å². The maximum atomic E-state index is 9.79. The SMILES string of the molecule is CCCCCCC/C=C/CCO[C@H]1[C@@H]([C@@H](O)CO)OC[C@H]1O. The lowest BCUT2D eigenvalue weighted by atomic mass is 10.1. The topological polar surface area (TPSA) is 79.2 Å². The van der Waals surface area contributed by atoms with E-state index >= 15 is 0 Å². The van der Waals surface area contributed by atoms with E-state index in [2.05, 4.69) is 19.1 Å². The van der Waals surface area contributed by atoms with Crippen molar-refractivity contribution in [2.75, 3.05) is 19.8 Å². The molecule has 0 bridgehead atoms. The first-order chi connectivity index (χ1) is 10.7. The van der Waals surface area contributed by atoms with Gasteiger partial charge in [-0.3, -0.25) is 0 Å². The summed E-state index contributed by atoms with van der Waals surface area (Å²) in [5.74, 6) is 0. The Kier molecular flexibility index (Phi) is 10.7. The molecule has 1 aliphatic heterocycles. The average molecular weight is 316 g/mol. The predicted octanol–water partition coefficient (Wildman–Crippen LogP) is 1.79. The zero-order valence-corrected chi connectivity index (χ0v) is 13.7. The Balaban J connectivity index is 2.10. The lowest BCUT2D eigenvalue weighted by Gasteiger charge is -2.23. The van der Waals surface area contributed by atoms with E-state index in [1.54, 1.807) is 0 Å². The molecule has 1 aliphatic rings. The number of allylic oxidation sites excluding steroid dienone is 1. The summed E-state index contributed by atoms with van der Waals surface area (Å²) in [6.45, 7) is 2.44. The Bertz CT molecular complexity index is 295. The van der Waals surface area contributed by atoms with E-state index in [-0.39, 0.29) is 6.61 Å². The first-order valence-electron chi connectivity index (χ1n) is 8.55. The highest BCUT2D eigenvalue weighted by atomic mass is 16.6. The van der Waals surface area contributed by atoms with Gasteiger partial charge in [-0.15, -0.1) is 0 Å². The number of unbranched alkanes of at least 4 members (excludes halogenated alkanes) is 5. The molecule has 3 N–H and O–H groups in total. The molecule has 5 nitrogen and oxygen atoms in total. The number of aliphatic hydroxyl groups excluding tert-OH is 3. The second-order valence-corrected chi connectivity index (χ2v) is 5.91. The van der Waals surface area contributed by atoms with E-state index in [4.69, 9.17) is 14.6 Å². The van der Waals surface area contributed by atoms with Gasteiger partial charge in [-0.05, 0) is 19.3 Å². The Morgan fingerprint density at radius 3 is 2.64 bits per heavy atom. The Hall–Kier alpha value is -0.460. The minimum absolute atomic E-state index is 0.139. The van der Waals surface area contributed by atoms with Crippen LogP contribution in [-0.4, -0.2) is 59.6 Å². The number of hydrogen-bond acceptors (Lipinski definition) is 5. The normalized spacial score (nSPS) is 26.8. The molecule has 0 aromatic carbocycles. The summed E-state index contributed by atoms with van der Waals surface area (Å²) in [4.78, 5) is 0. The second-order valence-electron chi connectivity index (χ2n) is 5.91. The highest BCUT2D eigenvalue weighted by molar-refractivity contribution is 4.89. The molecule has 0 saturated carbocycles. The van der Waals surface area contributed by atoms with Crippen molar-refractivity contribution < 1.29 is 24.8 Å². The summed E-state index contributed by atoms with van der Waals surface area (Å²) in [6, 6.07) is 0. The summed E-state index contributed by atoms with van der Waals surface area (Å²) in [5.41, 5.74) is 0. The molecule has 0 aromatic heterocycles. The highest BCUT2D eigenvalue weighted by Gasteiger charge is 2.40. The Morgan fingerprint density at radius 1 is 1.18 bits per heavy atom. The van der Waals surface area contributed by atoms with Crippen molar-refractivity contribution in [2.24, 2.45) is 0 Å². The van der Waals surface area contributed by atoms with Crippen LogP contribution >= 0.6 is 0 Å². The fourth-order valence-corrected chi connectivity index (χ4v) is 2.63. The summed E-state index contributed by atoms with van der Waals surface area (Å²) in [7, 11) is 0. The molecular weight excluding hydrogens is 284 g/mol. The van der Waals surface area contributed by atoms with Gasteiger partial charge in [0.1, 0.15) is 24.4 Å². The lowest BCUT2D eigenvalue weighted by Crippen LogP contribution is -2.42. The number of ether oxygens (including phenoxy) is 2. The van der Waals surface area contributed by atoms with Crippen LogP contribution in [0.15, 0.2) is 12.2 Å². The minimum Gasteiger partial charge on any atom is -0.394 e. The van der Waals surface area contributed by atoms with Crippen LogP contribution in [0.25, 0.3) is 0 Å². The molecule has 1 fully saturated rings. The number of rotatable bonds is 12. The molecule has 5 heteroatoms. The largest absolute Gasteiger partial charge is 0.394 e. The summed E-state index contributed by atoms with van der Waals surface area (Å²) in [6.07, 6.45) is 9.63. The van der Waals surface area contributed by atoms with Gasteiger partial charge in [0.05, 0.1) is 19.8 Å². The third kappa shape index (κ3) is 7.20. The molecule has 1 heterocycles. The van der Waals surface area contributed by atoms with Gasteiger partial charge in [-0.25, -0.2) is 0 Å². The minimum atomic E-state index is -1.01. The van der Waals surface area contributed by atoms with E-state index in [1.807, 2.05) is 0 Å². The molecule has 0 unspecified atom stereocenters. The third-order valence-corrected chi connectivity index (χ3v) is 3.96. The lowest BCUT2D eigenvalue weighted by molar-refractivity contribution is -0.0924. The quantitative estimate of drug-likeness (QED) is 0.378. The fourth-order valence-electron chi connectivity index (χ4n) is 2.63. The van der Waals surface area contributed by atoms with Crippen LogP contribution in [0.1, 0.15) is 51.9 Å². The summed E-state index contributed by atoms with van der Waals surface area (Å²) >= 11 is 0. The molecule has 1 rings (SSSR count). The monoisotopic (exact) mass is 316 g/mol. The van der Waals surface area contributed by atoms with Gasteiger partial charge in [0.25, 0.3) is 0 Å². The van der Waals surface area contributed by atoms with Crippen molar-refractivity contribution in [3.63, 3.8) is 0 Å². The zero-order chi connectivity index (χ0) is 16.2. The summed E-state index contributed by atoms with van der Waals surface area (Å²) < 4.78 is 10.9. The van der Waals surface area contributed by atoms with Crippen LogP contribution < -0.4 is 0 Å². The van der Waals surface area contributed by atoms with Crippen molar-refractivity contribution in [2.45, 2.75) is 76.3 Å². The zero-order valence-electron chi connectivity index (χ0n) is 13.7. The van der Waals surface area contributed by atoms with Gasteiger partial charge in [0.15, 0.2) is 0 Å². The van der Waals surface area contributed by atoms with Crippen LogP contribution in [0.2, 0.25) is 0 Å². The predicted molar refractivity (Wildman–Crippen MR) is 85.7 cm³/mol. The van der Waals surface area contributed by atoms with E-state index < -0.39 is 31.0 Å². The first kappa shape index (κ1) is 19.6. The third-order valence-electron chi connectivity index (χ3n) is 3.96. The molecule has 0 amide bonds. The van der Waals surface area contributed by atoms with Crippen LogP contribution in [0.4, 0.5) is 0 Å². The fraction of sp³-hybridized carbons (Fsp3) is 0.882. The van der Waals surface area contributed by atoms with Gasteiger partial charge >= 0.3 is 0 Å². The van der Waals surface area contributed by atoms with Gasteiger partial charge in [-0.2, -0.15) is 0 Å². The highest BCUT2D eigenvalue weighted by Crippen LogP contribution is 2.21. The first-order valence-corrected chi connectivity index (χ1v) is 8.55. The van der Waals surface area contributed by atoms with Gasteiger partial charge in [0.2, 0.25) is 0 Å². The maximum Gasteiger partial charge on any atom is 0.114 e. The molecule has 0 radical (unpaired) electrons. The summed E-state index contributed by atoms with van der Waals surface area (Å²) in [5, 5.41) is 28.4. The Labute approximate surface area is 133 Å². The number of aliphatic hydroxyl groups is 3. The second kappa shape index (κ2) is 12.0. The molecule has 0 spiro atoms. The molecule has 130 valence electrons. The van der Waals surface area contributed by atoms with Crippen LogP contribution in [0.3, 0.4) is 0 Å². The van der Waals surface area contributed by atoms with Gasteiger partial charge < -0.3 is 24.8 Å². The van der Waals surface area contributed by atoms with Crippen molar-refractivity contribution in [1.82, 2.24) is 0 Å². The molecule has 1 saturated heterocycles. The van der Waals surface area contributed by atoms with Crippen LogP contribution in [-0.2, 0) is 9.47 Å². The van der Waals surface area contributed by atoms with Crippen LogP contribution in [0.5, 0.6) is 0 Å². The average Bonchev–Trinajstić information content (AvgIpc) is 2.89. The molecule has 4 atom stereocenters. The van der Waals surface area contributed by atoms with Gasteiger partial charge in [0, 0.05) is 0 Å². The maximum absolute atomic E-state index is 9.79. The van der Waals surface area contributed by atoms with E-state index in [0.717, 1.165) is 12.8 Å². The van der Waals surface area contributed by atoms with Crippen molar-refractivity contribution >= 4 is 0 Å². The molecule has 0 aliphatic carbocycles. The van der Waals surface area contributed by atoms with Gasteiger partial charge in [-0.1, -0.05) is 44.8 Å². The van der Waals surface area contributed by atoms with Crippen LogP contribution in [0, 0.1) is 0 Å². The molecule has 0 aromatic rings. The smallest absolute Gasteiger partial charge is 0.114 e. The standard InChI is InChI=1S/C17H32O5/c1-2-3-4-5-6-7-8-9-10-11-21-17-15(20)13-22-16(17)14(19)12-18/h8-9,14-20H,2-7,10-13H2,1H3/b9-8+/t14-,15+,16+,17+/m0/s1. The molecule has 22 heavy (non-hydrogen) atoms. The molecular formula is C17H32O5. The van der Waals surface area contributed by atoms with E-state index in [9.17, 15) is 10.2 Å².